The number of fused-ring (bicyclic) bond motifs is 1. The first-order valence-corrected chi connectivity index (χ1v) is 8.97. The van der Waals surface area contributed by atoms with Gasteiger partial charge in [0, 0.05) is 48.9 Å². The quantitative estimate of drug-likeness (QED) is 0.906. The first-order valence-electron chi connectivity index (χ1n) is 7.36. The number of nitrogens with one attached hydrogen (secondary N) is 1. The zero-order valence-corrected chi connectivity index (χ0v) is 13.4. The van der Waals surface area contributed by atoms with Gasteiger partial charge in [-0.3, -0.25) is 4.98 Å². The second-order valence-corrected chi connectivity index (χ2v) is 7.86. The average Bonchev–Trinajstić information content (AvgIpc) is 2.45. The number of benzene rings is 1. The van der Waals surface area contributed by atoms with Crippen LogP contribution in [-0.4, -0.2) is 43.1 Å². The fraction of sp³-hybridized carbons (Fsp3) is 0.400. The summed E-state index contributed by atoms with van der Waals surface area (Å²) in [6.45, 7) is 3.09. The number of aromatic nitrogens is 1. The number of anilines is 1. The van der Waals surface area contributed by atoms with Gasteiger partial charge in [-0.25, -0.2) is 21.5 Å². The van der Waals surface area contributed by atoms with Gasteiger partial charge in [0.05, 0.1) is 5.75 Å². The molecule has 2 heterocycles. The maximum atomic E-state index is 13.7. The lowest BCUT2D eigenvalue weighted by Gasteiger charge is -2.38. The predicted octanol–water partition coefficient (Wildman–Crippen LogP) is 2.21. The molecule has 0 saturated carbocycles. The summed E-state index contributed by atoms with van der Waals surface area (Å²) in [7, 11) is -3.13. The molecule has 1 aliphatic rings. The van der Waals surface area contributed by atoms with E-state index < -0.39 is 21.7 Å². The molecule has 0 amide bonds. The van der Waals surface area contributed by atoms with Crippen molar-refractivity contribution in [2.24, 2.45) is 5.92 Å². The number of hydrogen-bond donors (Lipinski definition) is 1. The second kappa shape index (κ2) is 6.01. The van der Waals surface area contributed by atoms with Crippen LogP contribution in [0.15, 0.2) is 24.4 Å². The van der Waals surface area contributed by atoms with Crippen LogP contribution < -0.4 is 5.32 Å². The van der Waals surface area contributed by atoms with Crippen molar-refractivity contribution >= 4 is 26.6 Å². The second-order valence-electron chi connectivity index (χ2n) is 5.61. The highest BCUT2D eigenvalue weighted by molar-refractivity contribution is 7.89. The molecular weight excluding hydrogens is 324 g/mol. The molecule has 1 saturated heterocycles. The number of halogens is 2. The first kappa shape index (κ1) is 16.1. The van der Waals surface area contributed by atoms with Gasteiger partial charge in [-0.1, -0.05) is 0 Å². The van der Waals surface area contributed by atoms with Crippen LogP contribution >= 0.6 is 0 Å². The van der Waals surface area contributed by atoms with E-state index >= 15 is 0 Å². The molecule has 1 fully saturated rings. The molecule has 1 aromatic heterocycles. The van der Waals surface area contributed by atoms with Crippen molar-refractivity contribution in [1.29, 1.82) is 0 Å². The lowest BCUT2D eigenvalue weighted by atomic mass is 10.0. The van der Waals surface area contributed by atoms with Gasteiger partial charge in [0.15, 0.2) is 5.82 Å². The van der Waals surface area contributed by atoms with Crippen molar-refractivity contribution in [1.82, 2.24) is 9.29 Å². The van der Waals surface area contributed by atoms with E-state index in [1.807, 2.05) is 0 Å². The Kier molecular flexibility index (Phi) is 4.20. The Labute approximate surface area is 133 Å². The highest BCUT2D eigenvalue weighted by atomic mass is 32.2. The molecule has 1 N–H and O–H groups in total. The molecule has 5 nitrogen and oxygen atoms in total. The minimum Gasteiger partial charge on any atom is -0.384 e. The van der Waals surface area contributed by atoms with Crippen LogP contribution in [0, 0.1) is 17.6 Å². The van der Waals surface area contributed by atoms with Crippen molar-refractivity contribution in [3.8, 4) is 0 Å². The van der Waals surface area contributed by atoms with E-state index in [4.69, 9.17) is 0 Å². The van der Waals surface area contributed by atoms with Gasteiger partial charge >= 0.3 is 0 Å². The Balaban J connectivity index is 1.70. The van der Waals surface area contributed by atoms with E-state index in [2.05, 4.69) is 10.3 Å². The van der Waals surface area contributed by atoms with E-state index in [1.54, 1.807) is 13.0 Å². The Morgan fingerprint density at radius 1 is 1.35 bits per heavy atom. The van der Waals surface area contributed by atoms with Crippen molar-refractivity contribution in [3.05, 3.63) is 36.0 Å². The molecule has 0 bridgehead atoms. The van der Waals surface area contributed by atoms with Gasteiger partial charge in [0.2, 0.25) is 10.0 Å². The third kappa shape index (κ3) is 3.13. The molecular formula is C15H17F2N3O2S. The SMILES string of the molecule is CCS(=O)(=O)N1CC(CNc2ccnc3c(F)cc(F)cc23)C1. The number of rotatable bonds is 5. The summed E-state index contributed by atoms with van der Waals surface area (Å²) in [6.07, 6.45) is 1.46. The van der Waals surface area contributed by atoms with Crippen LogP contribution in [0.5, 0.6) is 0 Å². The summed E-state index contributed by atoms with van der Waals surface area (Å²) < 4.78 is 51.9. The molecule has 0 aliphatic carbocycles. The van der Waals surface area contributed by atoms with Gasteiger partial charge in [0.1, 0.15) is 11.3 Å². The van der Waals surface area contributed by atoms with Crippen LogP contribution in [0.1, 0.15) is 6.92 Å². The minimum atomic E-state index is -3.13. The molecule has 3 rings (SSSR count). The molecule has 0 atom stereocenters. The molecule has 23 heavy (non-hydrogen) atoms. The molecule has 8 heteroatoms. The minimum absolute atomic E-state index is 0.0979. The van der Waals surface area contributed by atoms with Crippen molar-refractivity contribution < 1.29 is 17.2 Å². The zero-order chi connectivity index (χ0) is 16.6. The lowest BCUT2D eigenvalue weighted by molar-refractivity contribution is 0.212. The van der Waals surface area contributed by atoms with Crippen LogP contribution in [0.2, 0.25) is 0 Å². The number of sulfonamides is 1. The van der Waals surface area contributed by atoms with Gasteiger partial charge < -0.3 is 5.32 Å². The van der Waals surface area contributed by atoms with Crippen molar-refractivity contribution in [2.45, 2.75) is 6.92 Å². The van der Waals surface area contributed by atoms with Crippen LogP contribution in [-0.2, 0) is 10.0 Å². The largest absolute Gasteiger partial charge is 0.384 e. The average molecular weight is 341 g/mol. The maximum Gasteiger partial charge on any atom is 0.213 e. The standard InChI is InChI=1S/C15H17F2N3O2S/c1-2-23(21,22)20-8-10(9-20)7-19-14-3-4-18-15-12(14)5-11(16)6-13(15)17/h3-6,10H,2,7-9H2,1H3,(H,18,19). The molecule has 0 unspecified atom stereocenters. The fourth-order valence-corrected chi connectivity index (χ4v) is 3.89. The Morgan fingerprint density at radius 2 is 2.09 bits per heavy atom. The normalized spacial score (nSPS) is 16.5. The van der Waals surface area contributed by atoms with Gasteiger partial charge in [0.25, 0.3) is 0 Å². The Hall–Kier alpha value is -1.80. The number of nitrogens with zero attached hydrogens (tertiary/aromatic N) is 2. The fourth-order valence-electron chi connectivity index (χ4n) is 2.65. The number of pyridine rings is 1. The van der Waals surface area contributed by atoms with E-state index in [-0.39, 0.29) is 17.2 Å². The topological polar surface area (TPSA) is 62.3 Å². The van der Waals surface area contributed by atoms with E-state index in [9.17, 15) is 17.2 Å². The predicted molar refractivity (Wildman–Crippen MR) is 84.7 cm³/mol. The first-order chi connectivity index (χ1) is 10.9. The monoisotopic (exact) mass is 341 g/mol. The lowest BCUT2D eigenvalue weighted by Crippen LogP contribution is -2.52. The molecule has 0 radical (unpaired) electrons. The highest BCUT2D eigenvalue weighted by Gasteiger charge is 2.34. The maximum absolute atomic E-state index is 13.7. The molecule has 124 valence electrons. The van der Waals surface area contributed by atoms with E-state index in [0.717, 1.165) is 6.07 Å². The number of hydrogen-bond acceptors (Lipinski definition) is 4. The van der Waals surface area contributed by atoms with Crippen LogP contribution in [0.4, 0.5) is 14.5 Å². The van der Waals surface area contributed by atoms with E-state index in [1.165, 1.54) is 16.6 Å². The van der Waals surface area contributed by atoms with Crippen molar-refractivity contribution in [2.75, 3.05) is 30.7 Å². The summed E-state index contributed by atoms with van der Waals surface area (Å²) in [6, 6.07) is 3.70. The third-order valence-electron chi connectivity index (χ3n) is 4.03. The van der Waals surface area contributed by atoms with Gasteiger partial charge in [-0.2, -0.15) is 0 Å². The Bertz CT molecular complexity index is 836. The highest BCUT2D eigenvalue weighted by Crippen LogP contribution is 2.26. The third-order valence-corrected chi connectivity index (χ3v) is 5.84. The summed E-state index contributed by atoms with van der Waals surface area (Å²) in [5.41, 5.74) is 0.699. The molecule has 1 aliphatic heterocycles. The van der Waals surface area contributed by atoms with E-state index in [0.29, 0.717) is 30.7 Å². The smallest absolute Gasteiger partial charge is 0.213 e. The van der Waals surface area contributed by atoms with Crippen molar-refractivity contribution in [3.63, 3.8) is 0 Å². The molecule has 2 aromatic rings. The van der Waals surface area contributed by atoms with Crippen LogP contribution in [0.3, 0.4) is 0 Å². The summed E-state index contributed by atoms with van der Waals surface area (Å²) >= 11 is 0. The summed E-state index contributed by atoms with van der Waals surface area (Å²) in [5.74, 6) is -1.08. The van der Waals surface area contributed by atoms with Gasteiger partial charge in [-0.05, 0) is 19.1 Å². The molecule has 1 aromatic carbocycles. The zero-order valence-electron chi connectivity index (χ0n) is 12.6. The van der Waals surface area contributed by atoms with Gasteiger partial charge in [-0.15, -0.1) is 0 Å². The summed E-state index contributed by atoms with van der Waals surface area (Å²) in [5, 5.41) is 3.52. The summed E-state index contributed by atoms with van der Waals surface area (Å²) in [4.78, 5) is 3.93. The van der Waals surface area contributed by atoms with Crippen LogP contribution in [0.25, 0.3) is 10.9 Å². The Morgan fingerprint density at radius 3 is 2.78 bits per heavy atom. The molecule has 0 spiro atoms.